The minimum absolute atomic E-state index is 0.218. The van der Waals surface area contributed by atoms with Crippen molar-refractivity contribution in [2.75, 3.05) is 43.4 Å². The molecule has 0 atom stereocenters. The van der Waals surface area contributed by atoms with Crippen LogP contribution in [0.2, 0.25) is 5.02 Å². The first-order valence-electron chi connectivity index (χ1n) is 7.44. The van der Waals surface area contributed by atoms with Crippen molar-refractivity contribution in [1.29, 1.82) is 0 Å². The largest absolute Gasteiger partial charge is 0.354 e. The topological polar surface area (TPSA) is 61.4 Å². The molecule has 0 saturated carbocycles. The average molecular weight is 332 g/mol. The van der Waals surface area contributed by atoms with Crippen LogP contribution in [0.15, 0.2) is 36.7 Å². The van der Waals surface area contributed by atoms with Gasteiger partial charge in [-0.05, 0) is 31.3 Å². The summed E-state index contributed by atoms with van der Waals surface area (Å²) in [6, 6.07) is 8.54. The second-order valence-corrected chi connectivity index (χ2v) is 5.95. The molecule has 1 saturated heterocycles. The summed E-state index contributed by atoms with van der Waals surface area (Å²) < 4.78 is 0. The first-order chi connectivity index (χ1) is 11.1. The molecular weight excluding hydrogens is 314 g/mol. The van der Waals surface area contributed by atoms with E-state index in [0.29, 0.717) is 16.4 Å². The van der Waals surface area contributed by atoms with Gasteiger partial charge in [-0.2, -0.15) is 0 Å². The van der Waals surface area contributed by atoms with Crippen molar-refractivity contribution in [3.05, 3.63) is 47.2 Å². The molecular formula is C16H18ClN5O. The van der Waals surface area contributed by atoms with E-state index in [-0.39, 0.29) is 5.91 Å². The summed E-state index contributed by atoms with van der Waals surface area (Å²) in [7, 11) is 2.11. The maximum absolute atomic E-state index is 12.2. The zero-order chi connectivity index (χ0) is 16.2. The number of amides is 1. The van der Waals surface area contributed by atoms with Crippen LogP contribution in [0.4, 0.5) is 11.6 Å². The number of nitrogens with zero attached hydrogens (tertiary/aromatic N) is 4. The van der Waals surface area contributed by atoms with Crippen LogP contribution in [0, 0.1) is 0 Å². The van der Waals surface area contributed by atoms with Crippen molar-refractivity contribution in [3.8, 4) is 0 Å². The van der Waals surface area contributed by atoms with E-state index in [1.165, 1.54) is 6.33 Å². The van der Waals surface area contributed by atoms with Crippen LogP contribution in [-0.4, -0.2) is 54.0 Å². The normalized spacial score (nSPS) is 15.5. The fraction of sp³-hybridized carbons (Fsp3) is 0.312. The summed E-state index contributed by atoms with van der Waals surface area (Å²) in [6.07, 6.45) is 1.48. The number of hydrogen-bond donors (Lipinski definition) is 1. The highest BCUT2D eigenvalue weighted by Gasteiger charge is 2.16. The van der Waals surface area contributed by atoms with Crippen LogP contribution < -0.4 is 10.2 Å². The van der Waals surface area contributed by atoms with Gasteiger partial charge < -0.3 is 15.1 Å². The Morgan fingerprint density at radius 2 is 1.83 bits per heavy atom. The van der Waals surface area contributed by atoms with Crippen molar-refractivity contribution in [1.82, 2.24) is 14.9 Å². The van der Waals surface area contributed by atoms with Gasteiger partial charge in [0.25, 0.3) is 5.91 Å². The summed E-state index contributed by atoms with van der Waals surface area (Å²) >= 11 is 5.83. The van der Waals surface area contributed by atoms with Crippen molar-refractivity contribution in [2.24, 2.45) is 0 Å². The van der Waals surface area contributed by atoms with E-state index >= 15 is 0 Å². The van der Waals surface area contributed by atoms with Gasteiger partial charge in [-0.25, -0.2) is 9.97 Å². The van der Waals surface area contributed by atoms with Gasteiger partial charge in [0, 0.05) is 42.8 Å². The highest BCUT2D eigenvalue weighted by atomic mass is 35.5. The number of halogens is 1. The first kappa shape index (κ1) is 15.7. The fourth-order valence-electron chi connectivity index (χ4n) is 2.41. The van der Waals surface area contributed by atoms with Crippen LogP contribution in [0.1, 0.15) is 10.4 Å². The Morgan fingerprint density at radius 1 is 1.13 bits per heavy atom. The van der Waals surface area contributed by atoms with Gasteiger partial charge in [-0.3, -0.25) is 4.79 Å². The molecule has 1 aliphatic rings. The molecule has 7 heteroatoms. The highest BCUT2D eigenvalue weighted by Crippen LogP contribution is 2.17. The summed E-state index contributed by atoms with van der Waals surface area (Å²) in [4.78, 5) is 25.1. The average Bonchev–Trinajstić information content (AvgIpc) is 2.56. The molecule has 1 aromatic heterocycles. The quantitative estimate of drug-likeness (QED) is 0.933. The van der Waals surface area contributed by atoms with Crippen LogP contribution in [0.25, 0.3) is 0 Å². The number of benzene rings is 1. The number of piperazine rings is 1. The van der Waals surface area contributed by atoms with E-state index in [2.05, 4.69) is 32.1 Å². The number of carbonyl (C=O) groups is 1. The second kappa shape index (κ2) is 6.93. The number of nitrogens with one attached hydrogen (secondary N) is 1. The number of aromatic nitrogens is 2. The smallest absolute Gasteiger partial charge is 0.256 e. The molecule has 0 bridgehead atoms. The Kier molecular flexibility index (Phi) is 4.73. The van der Waals surface area contributed by atoms with Gasteiger partial charge in [-0.15, -0.1) is 0 Å². The molecule has 0 aliphatic carbocycles. The number of rotatable bonds is 3. The predicted molar refractivity (Wildman–Crippen MR) is 91.1 cm³/mol. The third-order valence-electron chi connectivity index (χ3n) is 3.83. The number of carbonyl (C=O) groups excluding carboxylic acids is 1. The fourth-order valence-corrected chi connectivity index (χ4v) is 2.54. The predicted octanol–water partition coefficient (Wildman–Crippen LogP) is 2.13. The van der Waals surface area contributed by atoms with Crippen molar-refractivity contribution >= 4 is 29.1 Å². The molecule has 0 unspecified atom stereocenters. The lowest BCUT2D eigenvalue weighted by molar-refractivity contribution is 0.102. The lowest BCUT2D eigenvalue weighted by Crippen LogP contribution is -2.44. The zero-order valence-electron chi connectivity index (χ0n) is 12.9. The molecule has 1 aliphatic heterocycles. The Bertz CT molecular complexity index is 683. The van der Waals surface area contributed by atoms with Crippen LogP contribution in [0.3, 0.4) is 0 Å². The van der Waals surface area contributed by atoms with Gasteiger partial charge in [-0.1, -0.05) is 11.6 Å². The van der Waals surface area contributed by atoms with Crippen LogP contribution in [0.5, 0.6) is 0 Å². The maximum Gasteiger partial charge on any atom is 0.256 e. The van der Waals surface area contributed by atoms with E-state index in [1.54, 1.807) is 30.3 Å². The standard InChI is InChI=1S/C16H18ClN5O/c1-21-6-8-22(9-7-21)15-10-14(18-11-19-15)20-16(23)12-2-4-13(17)5-3-12/h2-5,10-11H,6-9H2,1H3,(H,18,19,20,23). The van der Waals surface area contributed by atoms with E-state index < -0.39 is 0 Å². The molecule has 1 aromatic carbocycles. The van der Waals surface area contributed by atoms with E-state index in [0.717, 1.165) is 32.0 Å². The Hall–Kier alpha value is -2.18. The summed E-state index contributed by atoms with van der Waals surface area (Å²) in [5.41, 5.74) is 0.536. The molecule has 1 fully saturated rings. The molecule has 23 heavy (non-hydrogen) atoms. The summed E-state index contributed by atoms with van der Waals surface area (Å²) in [5.74, 6) is 1.11. The Morgan fingerprint density at radius 3 is 2.52 bits per heavy atom. The number of likely N-dealkylation sites (N-methyl/N-ethyl adjacent to an activating group) is 1. The van der Waals surface area contributed by atoms with Crippen LogP contribution >= 0.6 is 11.6 Å². The van der Waals surface area contributed by atoms with E-state index in [1.807, 2.05) is 0 Å². The van der Waals surface area contributed by atoms with E-state index in [9.17, 15) is 4.79 Å². The van der Waals surface area contributed by atoms with Gasteiger partial charge in [0.05, 0.1) is 0 Å². The molecule has 3 rings (SSSR count). The monoisotopic (exact) mass is 331 g/mol. The minimum Gasteiger partial charge on any atom is -0.354 e. The number of hydrogen-bond acceptors (Lipinski definition) is 5. The summed E-state index contributed by atoms with van der Waals surface area (Å²) in [6.45, 7) is 3.82. The molecule has 2 aromatic rings. The third kappa shape index (κ3) is 3.97. The first-order valence-corrected chi connectivity index (χ1v) is 7.82. The molecule has 6 nitrogen and oxygen atoms in total. The lowest BCUT2D eigenvalue weighted by atomic mass is 10.2. The minimum atomic E-state index is -0.218. The lowest BCUT2D eigenvalue weighted by Gasteiger charge is -2.33. The Balaban J connectivity index is 1.70. The SMILES string of the molecule is CN1CCN(c2cc(NC(=O)c3ccc(Cl)cc3)ncn2)CC1. The van der Waals surface area contributed by atoms with E-state index in [4.69, 9.17) is 11.6 Å². The number of anilines is 2. The third-order valence-corrected chi connectivity index (χ3v) is 4.08. The summed E-state index contributed by atoms with van der Waals surface area (Å²) in [5, 5.41) is 3.39. The Labute approximate surface area is 140 Å². The second-order valence-electron chi connectivity index (χ2n) is 5.51. The maximum atomic E-state index is 12.2. The van der Waals surface area contributed by atoms with Crippen LogP contribution in [-0.2, 0) is 0 Å². The van der Waals surface area contributed by atoms with Crippen molar-refractivity contribution in [3.63, 3.8) is 0 Å². The van der Waals surface area contributed by atoms with Gasteiger partial charge >= 0.3 is 0 Å². The molecule has 0 radical (unpaired) electrons. The van der Waals surface area contributed by atoms with Crippen molar-refractivity contribution in [2.45, 2.75) is 0 Å². The molecule has 1 N–H and O–H groups in total. The highest BCUT2D eigenvalue weighted by molar-refractivity contribution is 6.30. The molecule has 2 heterocycles. The molecule has 0 spiro atoms. The van der Waals surface area contributed by atoms with Gasteiger partial charge in [0.15, 0.2) is 0 Å². The zero-order valence-corrected chi connectivity index (χ0v) is 13.6. The van der Waals surface area contributed by atoms with Gasteiger partial charge in [0.2, 0.25) is 0 Å². The van der Waals surface area contributed by atoms with Crippen molar-refractivity contribution < 1.29 is 4.79 Å². The molecule has 120 valence electrons. The van der Waals surface area contributed by atoms with Gasteiger partial charge in [0.1, 0.15) is 18.0 Å². The molecule has 1 amide bonds.